The normalized spacial score (nSPS) is 20.9. The van der Waals surface area contributed by atoms with Crippen LogP contribution in [0.1, 0.15) is 24.8 Å². The van der Waals surface area contributed by atoms with Crippen LogP contribution in [0.2, 0.25) is 0 Å². The molecule has 1 aromatic heterocycles. The van der Waals surface area contributed by atoms with Gasteiger partial charge in [-0.15, -0.1) is 11.3 Å². The molecule has 2 aromatic rings. The molecule has 0 radical (unpaired) electrons. The molecule has 1 aromatic carbocycles. The lowest BCUT2D eigenvalue weighted by Crippen LogP contribution is -2.46. The van der Waals surface area contributed by atoms with Crippen LogP contribution in [-0.2, 0) is 20.9 Å². The molecule has 0 spiro atoms. The SMILES string of the molecule is O=C(NCc1ccc2sccc2c1)[C@@H]1CCC(=O)N(CCCN2CCOCC2)C1. The molecule has 2 saturated heterocycles. The Bertz CT molecular complexity index is 847. The summed E-state index contributed by atoms with van der Waals surface area (Å²) < 4.78 is 6.64. The van der Waals surface area contributed by atoms with Crippen LogP contribution in [0.15, 0.2) is 29.6 Å². The summed E-state index contributed by atoms with van der Waals surface area (Å²) in [5.41, 5.74) is 1.11. The van der Waals surface area contributed by atoms with Gasteiger partial charge in [0.2, 0.25) is 11.8 Å². The van der Waals surface area contributed by atoms with Gasteiger partial charge in [0.05, 0.1) is 19.1 Å². The number of morpholine rings is 1. The van der Waals surface area contributed by atoms with Crippen molar-refractivity contribution in [2.75, 3.05) is 45.9 Å². The number of amides is 2. The van der Waals surface area contributed by atoms with Crippen molar-refractivity contribution < 1.29 is 14.3 Å². The second-order valence-electron chi connectivity index (χ2n) is 7.89. The number of fused-ring (bicyclic) bond motifs is 1. The highest BCUT2D eigenvalue weighted by molar-refractivity contribution is 7.17. The van der Waals surface area contributed by atoms with E-state index in [0.717, 1.165) is 51.4 Å². The largest absolute Gasteiger partial charge is 0.379 e. The second kappa shape index (κ2) is 9.69. The minimum atomic E-state index is -0.110. The van der Waals surface area contributed by atoms with Crippen LogP contribution >= 0.6 is 11.3 Å². The monoisotopic (exact) mass is 415 g/mol. The molecule has 4 rings (SSSR count). The topological polar surface area (TPSA) is 61.9 Å². The molecule has 2 aliphatic heterocycles. The fourth-order valence-electron chi connectivity index (χ4n) is 4.11. The van der Waals surface area contributed by atoms with E-state index in [0.29, 0.717) is 25.9 Å². The minimum Gasteiger partial charge on any atom is -0.379 e. The number of carbonyl (C=O) groups excluding carboxylic acids is 2. The zero-order valence-electron chi connectivity index (χ0n) is 16.8. The van der Waals surface area contributed by atoms with E-state index in [-0.39, 0.29) is 17.7 Å². The highest BCUT2D eigenvalue weighted by atomic mass is 32.1. The van der Waals surface area contributed by atoms with E-state index in [1.54, 1.807) is 11.3 Å². The fourth-order valence-corrected chi connectivity index (χ4v) is 4.89. The Hall–Kier alpha value is -1.96. The predicted molar refractivity (Wildman–Crippen MR) is 115 cm³/mol. The van der Waals surface area contributed by atoms with Gasteiger partial charge in [-0.05, 0) is 47.4 Å². The summed E-state index contributed by atoms with van der Waals surface area (Å²) in [6, 6.07) is 8.42. The third-order valence-electron chi connectivity index (χ3n) is 5.86. The summed E-state index contributed by atoms with van der Waals surface area (Å²) in [6.07, 6.45) is 2.06. The minimum absolute atomic E-state index is 0.0566. The van der Waals surface area contributed by atoms with Gasteiger partial charge in [-0.3, -0.25) is 14.5 Å². The summed E-state index contributed by atoms with van der Waals surface area (Å²) >= 11 is 1.72. The highest BCUT2D eigenvalue weighted by Crippen LogP contribution is 2.22. The summed E-state index contributed by atoms with van der Waals surface area (Å²) in [5, 5.41) is 6.38. The molecule has 3 heterocycles. The maximum Gasteiger partial charge on any atom is 0.225 e. The molecule has 156 valence electrons. The molecule has 2 amide bonds. The molecule has 2 aliphatic rings. The van der Waals surface area contributed by atoms with E-state index in [2.05, 4.69) is 39.9 Å². The highest BCUT2D eigenvalue weighted by Gasteiger charge is 2.29. The van der Waals surface area contributed by atoms with Gasteiger partial charge in [0.15, 0.2) is 0 Å². The molecule has 6 nitrogen and oxygen atoms in total. The number of nitrogens with one attached hydrogen (secondary N) is 1. The van der Waals surface area contributed by atoms with E-state index in [1.165, 1.54) is 10.1 Å². The Morgan fingerprint density at radius 1 is 1.21 bits per heavy atom. The van der Waals surface area contributed by atoms with Crippen LogP contribution in [0.3, 0.4) is 0 Å². The summed E-state index contributed by atoms with van der Waals surface area (Å²) in [5.74, 6) is 0.126. The molecule has 7 heteroatoms. The van der Waals surface area contributed by atoms with Gasteiger partial charge in [0, 0.05) is 50.4 Å². The first kappa shape index (κ1) is 20.3. The molecule has 0 unspecified atom stereocenters. The number of nitrogens with zero attached hydrogens (tertiary/aromatic N) is 2. The first-order chi connectivity index (χ1) is 14.2. The molecule has 2 fully saturated rings. The van der Waals surface area contributed by atoms with Crippen molar-refractivity contribution in [1.29, 1.82) is 0 Å². The Morgan fingerprint density at radius 3 is 2.93 bits per heavy atom. The number of benzene rings is 1. The fraction of sp³-hybridized carbons (Fsp3) is 0.545. The molecule has 0 aliphatic carbocycles. The van der Waals surface area contributed by atoms with Crippen LogP contribution in [0.5, 0.6) is 0 Å². The number of thiophene rings is 1. The van der Waals surface area contributed by atoms with Crippen molar-refractivity contribution in [2.45, 2.75) is 25.8 Å². The van der Waals surface area contributed by atoms with Gasteiger partial charge in [-0.2, -0.15) is 0 Å². The third kappa shape index (κ3) is 5.35. The average molecular weight is 416 g/mol. The van der Waals surface area contributed by atoms with Gasteiger partial charge >= 0.3 is 0 Å². The first-order valence-electron chi connectivity index (χ1n) is 10.5. The van der Waals surface area contributed by atoms with Crippen molar-refractivity contribution in [3.8, 4) is 0 Å². The number of likely N-dealkylation sites (tertiary alicyclic amines) is 1. The zero-order chi connectivity index (χ0) is 20.1. The Kier molecular flexibility index (Phi) is 6.79. The Balaban J connectivity index is 1.24. The van der Waals surface area contributed by atoms with E-state index < -0.39 is 0 Å². The Labute approximate surface area is 175 Å². The molecule has 0 saturated carbocycles. The standard InChI is InChI=1S/C22H29N3O3S/c26-21-5-3-19(16-25(21)8-1-7-24-9-11-28-12-10-24)22(27)23-15-17-2-4-20-18(14-17)6-13-29-20/h2,4,6,13-14,19H,1,3,5,7-12,15-16H2,(H,23,27)/t19-/m1/s1. The smallest absolute Gasteiger partial charge is 0.225 e. The summed E-state index contributed by atoms with van der Waals surface area (Å²) in [6.45, 7) is 6.31. The van der Waals surface area contributed by atoms with Crippen LogP contribution in [0.4, 0.5) is 0 Å². The van der Waals surface area contributed by atoms with Gasteiger partial charge in [-0.25, -0.2) is 0 Å². The maximum atomic E-state index is 12.7. The quantitative estimate of drug-likeness (QED) is 0.755. The van der Waals surface area contributed by atoms with Crippen LogP contribution in [0, 0.1) is 5.92 Å². The number of hydrogen-bond donors (Lipinski definition) is 1. The number of rotatable bonds is 7. The average Bonchev–Trinajstić information content (AvgIpc) is 3.22. The lowest BCUT2D eigenvalue weighted by Gasteiger charge is -2.33. The number of hydrogen-bond acceptors (Lipinski definition) is 5. The molecule has 1 N–H and O–H groups in total. The van der Waals surface area contributed by atoms with Crippen molar-refractivity contribution in [1.82, 2.24) is 15.1 Å². The van der Waals surface area contributed by atoms with Gasteiger partial charge < -0.3 is 15.0 Å². The Morgan fingerprint density at radius 2 is 2.07 bits per heavy atom. The van der Waals surface area contributed by atoms with Crippen LogP contribution in [0.25, 0.3) is 10.1 Å². The van der Waals surface area contributed by atoms with Crippen LogP contribution < -0.4 is 5.32 Å². The summed E-state index contributed by atoms with van der Waals surface area (Å²) in [4.78, 5) is 29.2. The molecule has 1 atom stereocenters. The predicted octanol–water partition coefficient (Wildman–Crippen LogP) is 2.48. The molecular formula is C22H29N3O3S. The number of piperidine rings is 1. The number of carbonyl (C=O) groups is 2. The van der Waals surface area contributed by atoms with E-state index in [1.807, 2.05) is 4.90 Å². The zero-order valence-corrected chi connectivity index (χ0v) is 17.6. The third-order valence-corrected chi connectivity index (χ3v) is 6.76. The first-order valence-corrected chi connectivity index (χ1v) is 11.4. The van der Waals surface area contributed by atoms with Gasteiger partial charge in [-0.1, -0.05) is 6.07 Å². The molecule has 0 bridgehead atoms. The van der Waals surface area contributed by atoms with Crippen LogP contribution in [-0.4, -0.2) is 67.6 Å². The van der Waals surface area contributed by atoms with Gasteiger partial charge in [0.25, 0.3) is 0 Å². The van der Waals surface area contributed by atoms with Crippen molar-refractivity contribution in [3.63, 3.8) is 0 Å². The van der Waals surface area contributed by atoms with Crippen molar-refractivity contribution in [3.05, 3.63) is 35.2 Å². The van der Waals surface area contributed by atoms with E-state index in [9.17, 15) is 9.59 Å². The maximum absolute atomic E-state index is 12.7. The van der Waals surface area contributed by atoms with Crippen molar-refractivity contribution >= 4 is 33.2 Å². The van der Waals surface area contributed by atoms with E-state index >= 15 is 0 Å². The lowest BCUT2D eigenvalue weighted by molar-refractivity contribution is -0.138. The number of ether oxygens (including phenoxy) is 1. The van der Waals surface area contributed by atoms with Gasteiger partial charge in [0.1, 0.15) is 0 Å². The molecule has 29 heavy (non-hydrogen) atoms. The van der Waals surface area contributed by atoms with Crippen molar-refractivity contribution in [2.24, 2.45) is 5.92 Å². The second-order valence-corrected chi connectivity index (χ2v) is 8.84. The van der Waals surface area contributed by atoms with E-state index in [4.69, 9.17) is 4.74 Å². The lowest BCUT2D eigenvalue weighted by atomic mass is 9.96. The summed E-state index contributed by atoms with van der Waals surface area (Å²) in [7, 11) is 0. The molecular weight excluding hydrogens is 386 g/mol.